The van der Waals surface area contributed by atoms with Crippen molar-refractivity contribution in [3.8, 4) is 0 Å². The van der Waals surface area contributed by atoms with Crippen molar-refractivity contribution in [1.82, 2.24) is 0 Å². The summed E-state index contributed by atoms with van der Waals surface area (Å²) in [7, 11) is 0. The maximum atomic E-state index is 11.0. The molecule has 0 radical (unpaired) electrons. The second-order valence-corrected chi connectivity index (χ2v) is 1.67. The molecule has 0 aliphatic rings. The van der Waals surface area contributed by atoms with Gasteiger partial charge in [0.15, 0.2) is 0 Å². The Morgan fingerprint density at radius 2 is 1.91 bits per heavy atom. The van der Waals surface area contributed by atoms with Crippen LogP contribution in [-0.2, 0) is 0 Å². The average molecular weight is 166 g/mol. The first-order valence-corrected chi connectivity index (χ1v) is 3.37. The highest BCUT2D eigenvalue weighted by atomic mass is 19.3. The molecule has 0 aromatic heterocycles. The van der Waals surface area contributed by atoms with Crippen molar-refractivity contribution in [2.45, 2.75) is 19.8 Å². The van der Waals surface area contributed by atoms with E-state index in [1.165, 1.54) is 0 Å². The third-order valence-electron chi connectivity index (χ3n) is 0.696. The fraction of sp³-hybridized carbons (Fsp3) is 0.500. The van der Waals surface area contributed by atoms with Gasteiger partial charge in [-0.15, -0.1) is 6.58 Å². The number of hydrogen-bond donors (Lipinski definition) is 0. The number of allylic oxidation sites excluding steroid dienone is 2. The Morgan fingerprint density at radius 3 is 2.00 bits per heavy atom. The Bertz CT molecular complexity index is 104. The molecule has 0 aromatic rings. The van der Waals surface area contributed by atoms with E-state index < -0.39 is 12.8 Å². The minimum Gasteiger partial charge on any atom is -0.251 e. The van der Waals surface area contributed by atoms with Crippen molar-refractivity contribution >= 4 is 0 Å². The molecule has 0 amide bonds. The summed E-state index contributed by atoms with van der Waals surface area (Å²) in [6, 6.07) is 0. The van der Waals surface area contributed by atoms with Crippen molar-refractivity contribution < 1.29 is 13.2 Å². The lowest BCUT2D eigenvalue weighted by Gasteiger charge is -1.76. The van der Waals surface area contributed by atoms with E-state index >= 15 is 0 Å². The van der Waals surface area contributed by atoms with Crippen LogP contribution in [-0.4, -0.2) is 6.67 Å². The van der Waals surface area contributed by atoms with Gasteiger partial charge in [-0.25, -0.2) is 0 Å². The summed E-state index contributed by atoms with van der Waals surface area (Å²) < 4.78 is 32.8. The molecule has 0 fully saturated rings. The Labute approximate surface area is 65.4 Å². The molecule has 0 unspecified atom stereocenters. The van der Waals surface area contributed by atoms with Crippen LogP contribution in [0.25, 0.3) is 0 Å². The highest BCUT2D eigenvalue weighted by molar-refractivity contribution is 4.79. The highest BCUT2D eigenvalue weighted by Gasteiger charge is 1.83. The molecule has 3 heteroatoms. The first kappa shape index (κ1) is 12.9. The van der Waals surface area contributed by atoms with Gasteiger partial charge in [-0.3, -0.25) is 4.39 Å². The molecule has 0 saturated carbocycles. The van der Waals surface area contributed by atoms with Gasteiger partial charge < -0.3 is 0 Å². The summed E-state index contributed by atoms with van der Waals surface area (Å²) in [5.41, 5.74) is 0. The van der Waals surface area contributed by atoms with Gasteiger partial charge in [0.05, 0.1) is 6.67 Å². The molecule has 0 rings (SSSR count). The summed E-state index contributed by atoms with van der Waals surface area (Å²) in [5.74, 6) is 0. The predicted molar refractivity (Wildman–Crippen MR) is 41.4 cm³/mol. The Kier molecular flexibility index (Phi) is 14.1. The topological polar surface area (TPSA) is 0 Å². The van der Waals surface area contributed by atoms with Crippen LogP contribution in [0.4, 0.5) is 13.2 Å². The highest BCUT2D eigenvalue weighted by Crippen LogP contribution is 1.97. The maximum Gasteiger partial charge on any atom is 0.266 e. The molecule has 0 aliphatic heterocycles. The predicted octanol–water partition coefficient (Wildman–Crippen LogP) is 3.71. The van der Waals surface area contributed by atoms with Crippen LogP contribution < -0.4 is 0 Å². The summed E-state index contributed by atoms with van der Waals surface area (Å²) >= 11 is 0. The molecule has 0 N–H and O–H groups in total. The maximum absolute atomic E-state index is 11.0. The van der Waals surface area contributed by atoms with Crippen molar-refractivity contribution in [1.29, 1.82) is 0 Å². The van der Waals surface area contributed by atoms with E-state index in [-0.39, 0.29) is 6.42 Å². The minimum absolute atomic E-state index is 0.178. The van der Waals surface area contributed by atoms with Crippen LogP contribution in [0.5, 0.6) is 0 Å². The molecule has 0 aromatic carbocycles. The fourth-order valence-corrected chi connectivity index (χ4v) is 0.164. The minimum atomic E-state index is -1.81. The van der Waals surface area contributed by atoms with E-state index in [1.54, 1.807) is 0 Å². The standard InChI is InChI=1S/C4H5F3.C4H8/c5-3-1-2-4(6)7;1-3-4-2/h2H,1,3H2;3H,1,4H2,2H3. The first-order chi connectivity index (χ1) is 5.18. The van der Waals surface area contributed by atoms with Gasteiger partial charge in [-0.2, -0.15) is 8.78 Å². The lowest BCUT2D eigenvalue weighted by Crippen LogP contribution is -1.67. The Hall–Kier alpha value is -0.730. The summed E-state index contributed by atoms with van der Waals surface area (Å²) in [6.07, 6.45) is 1.53. The van der Waals surface area contributed by atoms with Crippen LogP contribution in [0.15, 0.2) is 24.8 Å². The van der Waals surface area contributed by atoms with E-state index in [4.69, 9.17) is 0 Å². The van der Waals surface area contributed by atoms with Gasteiger partial charge in [0.1, 0.15) is 0 Å². The second kappa shape index (κ2) is 12.0. The molecule has 66 valence electrons. The van der Waals surface area contributed by atoms with Gasteiger partial charge in [0.25, 0.3) is 6.08 Å². The van der Waals surface area contributed by atoms with Crippen molar-refractivity contribution in [3.63, 3.8) is 0 Å². The van der Waals surface area contributed by atoms with E-state index in [9.17, 15) is 13.2 Å². The zero-order valence-corrected chi connectivity index (χ0v) is 6.62. The summed E-state index contributed by atoms with van der Waals surface area (Å²) in [6.45, 7) is 4.83. The van der Waals surface area contributed by atoms with E-state index in [0.29, 0.717) is 6.08 Å². The van der Waals surface area contributed by atoms with E-state index in [2.05, 4.69) is 13.5 Å². The second-order valence-electron chi connectivity index (χ2n) is 1.67. The summed E-state index contributed by atoms with van der Waals surface area (Å²) in [5, 5.41) is 0. The number of halogens is 3. The largest absolute Gasteiger partial charge is 0.266 e. The smallest absolute Gasteiger partial charge is 0.251 e. The van der Waals surface area contributed by atoms with E-state index in [1.807, 2.05) is 6.08 Å². The Balaban J connectivity index is 0. The van der Waals surface area contributed by atoms with Gasteiger partial charge >= 0.3 is 0 Å². The van der Waals surface area contributed by atoms with Gasteiger partial charge in [0, 0.05) is 0 Å². The van der Waals surface area contributed by atoms with Crippen LogP contribution >= 0.6 is 0 Å². The molecule has 0 heterocycles. The normalized spacial score (nSPS) is 7.64. The van der Waals surface area contributed by atoms with Crippen LogP contribution in [0.2, 0.25) is 0 Å². The van der Waals surface area contributed by atoms with Crippen molar-refractivity contribution in [2.75, 3.05) is 6.67 Å². The molecular weight excluding hydrogens is 153 g/mol. The molecule has 0 bridgehead atoms. The molecule has 0 spiro atoms. The molecule has 0 saturated heterocycles. The van der Waals surface area contributed by atoms with Crippen LogP contribution in [0.3, 0.4) is 0 Å². The van der Waals surface area contributed by atoms with Crippen LogP contribution in [0.1, 0.15) is 19.8 Å². The zero-order chi connectivity index (χ0) is 9.11. The average Bonchev–Trinajstić information content (AvgIpc) is 2.01. The lowest BCUT2D eigenvalue weighted by molar-refractivity contribution is 0.411. The molecule has 0 atom stereocenters. The number of rotatable bonds is 3. The Morgan fingerprint density at radius 1 is 1.45 bits per heavy atom. The molecular formula is C8H13F3. The van der Waals surface area contributed by atoms with Crippen molar-refractivity contribution in [2.24, 2.45) is 0 Å². The van der Waals surface area contributed by atoms with Gasteiger partial charge in [0.2, 0.25) is 0 Å². The van der Waals surface area contributed by atoms with Gasteiger partial charge in [-0.1, -0.05) is 13.0 Å². The van der Waals surface area contributed by atoms with E-state index in [0.717, 1.165) is 6.42 Å². The van der Waals surface area contributed by atoms with Crippen molar-refractivity contribution in [3.05, 3.63) is 24.8 Å². The molecule has 11 heavy (non-hydrogen) atoms. The fourth-order valence-electron chi connectivity index (χ4n) is 0.164. The number of alkyl halides is 1. The third-order valence-corrected chi connectivity index (χ3v) is 0.696. The SMILES string of the molecule is C=CCC.FCCC=C(F)F. The quantitative estimate of drug-likeness (QED) is 0.560. The molecule has 0 nitrogen and oxygen atoms in total. The van der Waals surface area contributed by atoms with Crippen LogP contribution in [0, 0.1) is 0 Å². The lowest BCUT2D eigenvalue weighted by atomic mass is 10.5. The monoisotopic (exact) mass is 166 g/mol. The zero-order valence-electron chi connectivity index (χ0n) is 6.62. The summed E-state index contributed by atoms with van der Waals surface area (Å²) in [4.78, 5) is 0. The van der Waals surface area contributed by atoms with Gasteiger partial charge in [-0.05, 0) is 18.9 Å². The molecule has 0 aliphatic carbocycles. The first-order valence-electron chi connectivity index (χ1n) is 3.37. The third kappa shape index (κ3) is 26.9. The number of hydrogen-bond acceptors (Lipinski definition) is 0.